The summed E-state index contributed by atoms with van der Waals surface area (Å²) < 4.78 is 52.9. The van der Waals surface area contributed by atoms with E-state index in [4.69, 9.17) is 47.7 Å². The lowest BCUT2D eigenvalue weighted by Crippen LogP contribution is -2.33. The number of methoxy groups -OCH3 is 2. The largest absolute Gasteiger partial charge is 0.497 e. The van der Waals surface area contributed by atoms with Gasteiger partial charge in [-0.1, -0.05) is 24.3 Å². The molecule has 0 fully saturated rings. The van der Waals surface area contributed by atoms with Crippen LogP contribution in [0.4, 0.5) is 4.79 Å². The Balaban J connectivity index is 1.13. The number of carbonyl (C=O) groups is 2. The lowest BCUT2D eigenvalue weighted by molar-refractivity contribution is 0.0223. The van der Waals surface area contributed by atoms with Gasteiger partial charge in [0.05, 0.1) is 46.2 Å². The van der Waals surface area contributed by atoms with E-state index < -0.39 is 17.7 Å². The summed E-state index contributed by atoms with van der Waals surface area (Å²) in [5.74, 6) is 3.60. The van der Waals surface area contributed by atoms with Gasteiger partial charge in [0.2, 0.25) is 0 Å². The zero-order valence-electron chi connectivity index (χ0n) is 30.9. The molecule has 13 nitrogen and oxygen atoms in total. The van der Waals surface area contributed by atoms with Crippen molar-refractivity contribution in [3.8, 4) is 40.2 Å². The molecule has 1 spiro atoms. The molecule has 0 aliphatic carbocycles. The minimum Gasteiger partial charge on any atom is -0.497 e. The Bertz CT molecular complexity index is 2050. The van der Waals surface area contributed by atoms with Crippen LogP contribution in [0.25, 0.3) is 0 Å². The first kappa shape index (κ1) is 37.9. The van der Waals surface area contributed by atoms with Crippen LogP contribution in [-0.2, 0) is 33.0 Å². The van der Waals surface area contributed by atoms with Crippen molar-refractivity contribution >= 4 is 12.1 Å². The summed E-state index contributed by atoms with van der Waals surface area (Å²) in [6, 6.07) is 31.5. The van der Waals surface area contributed by atoms with E-state index in [2.05, 4.69) is 5.32 Å². The third-order valence-electron chi connectivity index (χ3n) is 9.24. The summed E-state index contributed by atoms with van der Waals surface area (Å²) in [6.07, 6.45) is -1.10. The molecule has 5 aromatic rings. The number of carboxylic acid groups (broad SMARTS) is 1. The van der Waals surface area contributed by atoms with Gasteiger partial charge in [-0.25, -0.2) is 9.59 Å². The number of hydrogen-bond donors (Lipinski definition) is 2. The van der Waals surface area contributed by atoms with Crippen molar-refractivity contribution < 1.29 is 57.3 Å². The Kier molecular flexibility index (Phi) is 11.7. The molecule has 0 saturated carbocycles. The smallest absolute Gasteiger partial charge is 0.404 e. The molecule has 7 rings (SSSR count). The average molecular weight is 764 g/mol. The summed E-state index contributed by atoms with van der Waals surface area (Å²) in [5, 5.41) is 10.9. The normalized spacial score (nSPS) is 13.1. The Hall–Kier alpha value is -6.44. The zero-order chi connectivity index (χ0) is 38.9. The fourth-order valence-corrected chi connectivity index (χ4v) is 6.48. The van der Waals surface area contributed by atoms with Gasteiger partial charge in [0.1, 0.15) is 60.1 Å². The van der Waals surface area contributed by atoms with E-state index in [9.17, 15) is 9.59 Å². The Morgan fingerprint density at radius 2 is 1.11 bits per heavy atom. The van der Waals surface area contributed by atoms with Crippen molar-refractivity contribution in [3.05, 3.63) is 137 Å². The first-order valence-electron chi connectivity index (χ1n) is 18.0. The lowest BCUT2D eigenvalue weighted by Gasteiger charge is -2.36. The first-order chi connectivity index (χ1) is 27.4. The number of rotatable bonds is 18. The van der Waals surface area contributed by atoms with Crippen LogP contribution in [0.1, 0.15) is 38.2 Å². The van der Waals surface area contributed by atoms with Crippen LogP contribution in [0.5, 0.6) is 40.2 Å². The second kappa shape index (κ2) is 17.4. The number of benzene rings is 5. The summed E-state index contributed by atoms with van der Waals surface area (Å²) >= 11 is 0. The highest BCUT2D eigenvalue weighted by molar-refractivity contribution is 5.97. The average Bonchev–Trinajstić information content (AvgIpc) is 3.51. The molecule has 13 heteroatoms. The molecule has 1 amide bonds. The molecule has 2 N–H and O–H groups in total. The molecule has 2 aliphatic heterocycles. The van der Waals surface area contributed by atoms with Gasteiger partial charge in [-0.3, -0.25) is 0 Å². The van der Waals surface area contributed by atoms with E-state index in [0.717, 1.165) is 22.6 Å². The maximum Gasteiger partial charge on any atom is 0.404 e. The SMILES string of the molecule is COc1ccc(COc2ccc3c(c2)Oc2cc(OCc4ccc(OC)cc4)ccc2C32OC(=O)c3ccc(OCCOCCOCCNC(=O)O)cc32)cc1. The van der Waals surface area contributed by atoms with Gasteiger partial charge in [0, 0.05) is 35.4 Å². The van der Waals surface area contributed by atoms with Crippen molar-refractivity contribution in [2.45, 2.75) is 18.8 Å². The van der Waals surface area contributed by atoms with Crippen LogP contribution in [-0.4, -0.2) is 71.0 Å². The van der Waals surface area contributed by atoms with Gasteiger partial charge >= 0.3 is 12.1 Å². The number of carbonyl (C=O) groups excluding carboxylic acids is 1. The van der Waals surface area contributed by atoms with Crippen molar-refractivity contribution in [2.24, 2.45) is 0 Å². The number of ether oxygens (including phenoxy) is 9. The highest BCUT2D eigenvalue weighted by atomic mass is 16.6. The highest BCUT2D eigenvalue weighted by Gasteiger charge is 2.54. The standard InChI is InChI=1S/C43H41NO12/c1-48-30-7-3-28(4-8-30)26-53-33-12-15-36-39(24-33)55-40-25-34(54-27-29-5-9-31(49-2)10-6-29)13-16-37(40)43(36)38-23-32(11-14-35(38)41(45)56-43)52-22-21-51-20-19-50-18-17-44-42(46)47/h3-16,23-25,44H,17-22,26-27H2,1-2H3,(H,46,47). The minimum absolute atomic E-state index is 0.199. The van der Waals surface area contributed by atoms with E-state index in [-0.39, 0.29) is 26.4 Å². The van der Waals surface area contributed by atoms with Crippen molar-refractivity contribution in [1.82, 2.24) is 5.32 Å². The molecule has 2 aliphatic rings. The molecule has 2 heterocycles. The predicted octanol–water partition coefficient (Wildman–Crippen LogP) is 7.11. The number of fused-ring (bicyclic) bond motifs is 6. The van der Waals surface area contributed by atoms with Crippen molar-refractivity contribution in [1.29, 1.82) is 0 Å². The van der Waals surface area contributed by atoms with Crippen LogP contribution < -0.4 is 33.7 Å². The van der Waals surface area contributed by atoms with Crippen LogP contribution in [0.15, 0.2) is 103 Å². The third kappa shape index (κ3) is 8.43. The number of nitrogens with one attached hydrogen (secondary N) is 1. The van der Waals surface area contributed by atoms with Crippen LogP contribution in [0.3, 0.4) is 0 Å². The summed E-state index contributed by atoms with van der Waals surface area (Å²) in [6.45, 7) is 2.22. The zero-order valence-corrected chi connectivity index (χ0v) is 30.9. The topological polar surface area (TPSA) is 149 Å². The molecule has 0 atom stereocenters. The van der Waals surface area contributed by atoms with E-state index in [1.807, 2.05) is 78.9 Å². The second-order valence-corrected chi connectivity index (χ2v) is 12.8. The van der Waals surface area contributed by atoms with Gasteiger partial charge in [-0.15, -0.1) is 0 Å². The second-order valence-electron chi connectivity index (χ2n) is 12.8. The van der Waals surface area contributed by atoms with Crippen molar-refractivity contribution in [3.63, 3.8) is 0 Å². The molecule has 0 aromatic heterocycles. The van der Waals surface area contributed by atoms with E-state index in [0.29, 0.717) is 77.4 Å². The van der Waals surface area contributed by atoms with Gasteiger partial charge in [-0.05, 0) is 77.9 Å². The van der Waals surface area contributed by atoms with Crippen molar-refractivity contribution in [2.75, 3.05) is 53.8 Å². The fraction of sp³-hybridized carbons (Fsp3) is 0.256. The van der Waals surface area contributed by atoms with E-state index in [1.165, 1.54) is 0 Å². The molecule has 0 saturated heterocycles. The summed E-state index contributed by atoms with van der Waals surface area (Å²) in [5.41, 5.74) is 2.82. The van der Waals surface area contributed by atoms with Gasteiger partial charge in [0.25, 0.3) is 0 Å². The summed E-state index contributed by atoms with van der Waals surface area (Å²) in [4.78, 5) is 24.2. The maximum atomic E-state index is 13.6. The van der Waals surface area contributed by atoms with Gasteiger partial charge < -0.3 is 53.1 Å². The number of hydrogen-bond acceptors (Lipinski definition) is 11. The molecule has 0 unspecified atom stereocenters. The number of esters is 1. The Labute approximate surface area is 323 Å². The monoisotopic (exact) mass is 763 g/mol. The van der Waals surface area contributed by atoms with E-state index >= 15 is 0 Å². The summed E-state index contributed by atoms with van der Waals surface area (Å²) in [7, 11) is 3.25. The fourth-order valence-electron chi connectivity index (χ4n) is 6.48. The Morgan fingerprint density at radius 1 is 0.607 bits per heavy atom. The molecule has 0 bridgehead atoms. The number of amides is 1. The predicted molar refractivity (Wildman–Crippen MR) is 203 cm³/mol. The van der Waals surface area contributed by atoms with Gasteiger partial charge in [0.15, 0.2) is 5.60 Å². The van der Waals surface area contributed by atoms with Gasteiger partial charge in [-0.2, -0.15) is 0 Å². The maximum absolute atomic E-state index is 13.6. The minimum atomic E-state index is -1.36. The highest BCUT2D eigenvalue weighted by Crippen LogP contribution is 2.57. The third-order valence-corrected chi connectivity index (χ3v) is 9.24. The van der Waals surface area contributed by atoms with Crippen LogP contribution in [0.2, 0.25) is 0 Å². The molecule has 56 heavy (non-hydrogen) atoms. The molecular weight excluding hydrogens is 722 g/mol. The van der Waals surface area contributed by atoms with Crippen LogP contribution in [0, 0.1) is 0 Å². The Morgan fingerprint density at radius 3 is 1.66 bits per heavy atom. The quantitative estimate of drug-likeness (QED) is 0.0692. The molecular formula is C43H41NO12. The first-order valence-corrected chi connectivity index (χ1v) is 18.0. The molecule has 5 aromatic carbocycles. The molecule has 0 radical (unpaired) electrons. The molecule has 290 valence electrons. The van der Waals surface area contributed by atoms with Crippen LogP contribution >= 0.6 is 0 Å². The van der Waals surface area contributed by atoms with E-state index in [1.54, 1.807) is 38.5 Å². The lowest BCUT2D eigenvalue weighted by atomic mass is 9.77.